The van der Waals surface area contributed by atoms with Gasteiger partial charge in [-0.25, -0.2) is 0 Å². The number of aromatic nitrogens is 1. The number of piperidine rings is 1. The third-order valence-electron chi connectivity index (χ3n) is 5.34. The zero-order valence-electron chi connectivity index (χ0n) is 12.8. The van der Waals surface area contributed by atoms with Crippen LogP contribution in [0, 0.1) is 5.92 Å². The van der Waals surface area contributed by atoms with Crippen molar-refractivity contribution in [2.45, 2.75) is 43.4 Å². The number of hydrogen-bond donors (Lipinski definition) is 3. The predicted octanol–water partition coefficient (Wildman–Crippen LogP) is -1.29. The summed E-state index contributed by atoms with van der Waals surface area (Å²) in [4.78, 5) is 14.1. The number of nitrogens with zero attached hydrogens (tertiary/aromatic N) is 2. The van der Waals surface area contributed by atoms with Gasteiger partial charge in [-0.05, 0) is 18.4 Å². The second-order valence-corrected chi connectivity index (χ2v) is 6.92. The molecule has 0 spiro atoms. The van der Waals surface area contributed by atoms with Gasteiger partial charge in [0, 0.05) is 37.3 Å². The van der Waals surface area contributed by atoms with Crippen LogP contribution in [0.5, 0.6) is 0 Å². The van der Waals surface area contributed by atoms with Crippen LogP contribution in [0.2, 0.25) is 0 Å². The van der Waals surface area contributed by atoms with E-state index in [1.807, 2.05) is 15.5 Å². The van der Waals surface area contributed by atoms with E-state index < -0.39 is 24.5 Å². The molecule has 6 unspecified atom stereocenters. The maximum atomic E-state index is 12.0. The molecule has 1 aromatic rings. The van der Waals surface area contributed by atoms with Crippen molar-refractivity contribution >= 4 is 0 Å². The van der Waals surface area contributed by atoms with E-state index in [-0.39, 0.29) is 18.1 Å². The van der Waals surface area contributed by atoms with Gasteiger partial charge in [0.25, 0.3) is 5.56 Å². The fourth-order valence-electron chi connectivity index (χ4n) is 4.25. The van der Waals surface area contributed by atoms with E-state index in [0.717, 1.165) is 12.1 Å². The summed E-state index contributed by atoms with van der Waals surface area (Å²) in [5.41, 5.74) is 1.07. The quantitative estimate of drug-likeness (QED) is 0.595. The Morgan fingerprint density at radius 2 is 1.91 bits per heavy atom. The molecule has 2 bridgehead atoms. The standard InChI is InChI=1S/C16H22N2O5/c19-12-8-23-16(15(22)14(12)21)17-5-9-4-10(7-17)11-2-1-3-13(20)18(11)6-9/h1-3,9-10,12,14-16,19,21-22H,4-8H2. The lowest BCUT2D eigenvalue weighted by molar-refractivity contribution is -0.234. The van der Waals surface area contributed by atoms with Crippen LogP contribution in [0.3, 0.4) is 0 Å². The first-order valence-electron chi connectivity index (χ1n) is 8.14. The van der Waals surface area contributed by atoms with Crippen LogP contribution < -0.4 is 5.56 Å². The van der Waals surface area contributed by atoms with Gasteiger partial charge >= 0.3 is 0 Å². The lowest BCUT2D eigenvalue weighted by Crippen LogP contribution is -2.62. The van der Waals surface area contributed by atoms with Gasteiger partial charge in [-0.2, -0.15) is 0 Å². The number of fused-ring (bicyclic) bond motifs is 4. The Morgan fingerprint density at radius 1 is 1.09 bits per heavy atom. The van der Waals surface area contributed by atoms with Crippen molar-refractivity contribution < 1.29 is 20.1 Å². The summed E-state index contributed by atoms with van der Waals surface area (Å²) in [5.74, 6) is 0.539. The maximum absolute atomic E-state index is 12.0. The van der Waals surface area contributed by atoms with Gasteiger partial charge in [-0.3, -0.25) is 9.69 Å². The molecular formula is C16H22N2O5. The van der Waals surface area contributed by atoms with Crippen molar-refractivity contribution in [3.63, 3.8) is 0 Å². The number of aliphatic hydroxyl groups excluding tert-OH is 3. The highest BCUT2D eigenvalue weighted by Gasteiger charge is 2.44. The number of aliphatic hydroxyl groups is 3. The molecule has 0 amide bonds. The van der Waals surface area contributed by atoms with E-state index >= 15 is 0 Å². The van der Waals surface area contributed by atoms with Crippen LogP contribution in [0.4, 0.5) is 0 Å². The molecule has 3 aliphatic rings. The summed E-state index contributed by atoms with van der Waals surface area (Å²) in [6.45, 7) is 2.08. The summed E-state index contributed by atoms with van der Waals surface area (Å²) in [6, 6.07) is 5.37. The molecule has 2 fully saturated rings. The second kappa shape index (κ2) is 5.68. The van der Waals surface area contributed by atoms with Crippen molar-refractivity contribution in [1.82, 2.24) is 9.47 Å². The highest BCUT2D eigenvalue weighted by molar-refractivity contribution is 5.17. The van der Waals surface area contributed by atoms with Crippen LogP contribution in [-0.4, -0.2) is 69.0 Å². The molecule has 7 nitrogen and oxygen atoms in total. The molecule has 0 aromatic carbocycles. The number of ether oxygens (including phenoxy) is 1. The molecule has 126 valence electrons. The molecule has 4 rings (SSSR count). The number of hydrogen-bond acceptors (Lipinski definition) is 6. The van der Waals surface area contributed by atoms with Crippen molar-refractivity contribution in [2.24, 2.45) is 5.92 Å². The second-order valence-electron chi connectivity index (χ2n) is 6.92. The van der Waals surface area contributed by atoms with Gasteiger partial charge in [0.05, 0.1) is 6.61 Å². The maximum Gasteiger partial charge on any atom is 0.250 e. The normalized spacial score (nSPS) is 40.7. The summed E-state index contributed by atoms with van der Waals surface area (Å²) in [6.07, 6.45) is -2.96. The van der Waals surface area contributed by atoms with Crippen LogP contribution in [0.1, 0.15) is 18.0 Å². The number of pyridine rings is 1. The smallest absolute Gasteiger partial charge is 0.250 e. The van der Waals surface area contributed by atoms with Crippen molar-refractivity contribution in [3.8, 4) is 0 Å². The average molecular weight is 322 g/mol. The Kier molecular flexibility index (Phi) is 3.78. The molecule has 3 N–H and O–H groups in total. The number of rotatable bonds is 1. The summed E-state index contributed by atoms with van der Waals surface area (Å²) >= 11 is 0. The number of likely N-dealkylation sites (tertiary alicyclic amines) is 1. The van der Waals surface area contributed by atoms with E-state index in [1.54, 1.807) is 12.1 Å². The van der Waals surface area contributed by atoms with E-state index in [9.17, 15) is 20.1 Å². The first-order valence-corrected chi connectivity index (χ1v) is 8.14. The molecule has 0 aliphatic carbocycles. The Hall–Kier alpha value is -1.25. The van der Waals surface area contributed by atoms with E-state index in [1.165, 1.54) is 0 Å². The van der Waals surface area contributed by atoms with Crippen molar-refractivity contribution in [2.75, 3.05) is 19.7 Å². The van der Waals surface area contributed by atoms with Crippen LogP contribution >= 0.6 is 0 Å². The zero-order chi connectivity index (χ0) is 16.1. The molecular weight excluding hydrogens is 300 g/mol. The third-order valence-corrected chi connectivity index (χ3v) is 5.34. The Morgan fingerprint density at radius 3 is 2.74 bits per heavy atom. The van der Waals surface area contributed by atoms with Crippen molar-refractivity contribution in [3.05, 3.63) is 34.2 Å². The average Bonchev–Trinajstić information content (AvgIpc) is 2.54. The highest BCUT2D eigenvalue weighted by Crippen LogP contribution is 2.36. The van der Waals surface area contributed by atoms with E-state index in [2.05, 4.69) is 0 Å². The van der Waals surface area contributed by atoms with Gasteiger partial charge in [0.2, 0.25) is 0 Å². The lowest BCUT2D eigenvalue weighted by atomic mass is 9.82. The monoisotopic (exact) mass is 322 g/mol. The molecule has 2 saturated heterocycles. The Balaban J connectivity index is 1.58. The minimum Gasteiger partial charge on any atom is -0.388 e. The lowest BCUT2D eigenvalue weighted by Gasteiger charge is -2.48. The van der Waals surface area contributed by atoms with Crippen molar-refractivity contribution in [1.29, 1.82) is 0 Å². The Bertz CT molecular complexity index is 648. The first-order chi connectivity index (χ1) is 11.0. The third kappa shape index (κ3) is 2.53. The molecule has 6 atom stereocenters. The highest BCUT2D eigenvalue weighted by atomic mass is 16.5. The van der Waals surface area contributed by atoms with Crippen LogP contribution in [-0.2, 0) is 11.3 Å². The van der Waals surface area contributed by atoms with Gasteiger partial charge in [0.1, 0.15) is 24.5 Å². The SMILES string of the molecule is O=c1cccc2n1CC1CC2CN(C2OCC(O)C(O)C2O)C1. The van der Waals surface area contributed by atoms with Crippen LogP contribution in [0.25, 0.3) is 0 Å². The minimum atomic E-state index is -1.19. The predicted molar refractivity (Wildman–Crippen MR) is 80.9 cm³/mol. The van der Waals surface area contributed by atoms with E-state index in [0.29, 0.717) is 25.6 Å². The first kappa shape index (κ1) is 15.3. The van der Waals surface area contributed by atoms with E-state index in [4.69, 9.17) is 4.74 Å². The molecule has 0 radical (unpaired) electrons. The minimum absolute atomic E-state index is 0.0186. The van der Waals surface area contributed by atoms with Gasteiger partial charge in [0.15, 0.2) is 0 Å². The molecule has 4 heterocycles. The largest absolute Gasteiger partial charge is 0.388 e. The van der Waals surface area contributed by atoms with Gasteiger partial charge in [-0.15, -0.1) is 0 Å². The summed E-state index contributed by atoms with van der Waals surface area (Å²) in [7, 11) is 0. The molecule has 1 aromatic heterocycles. The zero-order valence-corrected chi connectivity index (χ0v) is 12.8. The fourth-order valence-corrected chi connectivity index (χ4v) is 4.25. The molecule has 23 heavy (non-hydrogen) atoms. The van der Waals surface area contributed by atoms with Gasteiger partial charge in [-0.1, -0.05) is 6.07 Å². The summed E-state index contributed by atoms with van der Waals surface area (Å²) < 4.78 is 7.44. The molecule has 3 aliphatic heterocycles. The molecule has 0 saturated carbocycles. The molecule has 7 heteroatoms. The van der Waals surface area contributed by atoms with Crippen LogP contribution in [0.15, 0.2) is 23.0 Å². The van der Waals surface area contributed by atoms with Gasteiger partial charge < -0.3 is 24.6 Å². The summed E-state index contributed by atoms with van der Waals surface area (Å²) in [5, 5.41) is 29.7. The topological polar surface area (TPSA) is 95.2 Å². The Labute approximate surface area is 133 Å². The fraction of sp³-hybridized carbons (Fsp3) is 0.688.